The molecule has 0 unspecified atom stereocenters. The average molecular weight is 245 g/mol. The van der Waals surface area contributed by atoms with Gasteiger partial charge in [-0.2, -0.15) is 5.26 Å². The van der Waals surface area contributed by atoms with Gasteiger partial charge in [0.05, 0.1) is 11.5 Å². The molecule has 18 heavy (non-hydrogen) atoms. The van der Waals surface area contributed by atoms with E-state index in [1.54, 1.807) is 6.07 Å². The zero-order valence-corrected chi connectivity index (χ0v) is 11.0. The van der Waals surface area contributed by atoms with Crippen molar-refractivity contribution in [3.8, 4) is 6.07 Å². The van der Waals surface area contributed by atoms with E-state index in [9.17, 15) is 9.65 Å². The number of aryl methyl sites for hydroxylation is 1. The number of nitrogens with zero attached hydrogens (tertiary/aromatic N) is 1. The van der Waals surface area contributed by atoms with Crippen molar-refractivity contribution in [3.05, 3.63) is 35.1 Å². The second kappa shape index (κ2) is 5.52. The van der Waals surface area contributed by atoms with E-state index >= 15 is 0 Å². The summed E-state index contributed by atoms with van der Waals surface area (Å²) in [6, 6.07) is 7.47. The predicted molar refractivity (Wildman–Crippen MR) is 70.6 cm³/mol. The van der Waals surface area contributed by atoms with Gasteiger partial charge in [-0.15, -0.1) is 0 Å². The van der Waals surface area contributed by atoms with Crippen LogP contribution in [0.2, 0.25) is 0 Å². The van der Waals surface area contributed by atoms with E-state index in [2.05, 4.69) is 6.07 Å². The molecule has 1 fully saturated rings. The average Bonchev–Trinajstić information content (AvgIpc) is 2.59. The normalized spacial score (nSPS) is 18.9. The quantitative estimate of drug-likeness (QED) is 0.702. The summed E-state index contributed by atoms with van der Waals surface area (Å²) in [5, 5.41) is 9.55. The molecular weight excluding hydrogens is 225 g/mol. The second-order valence-corrected chi connectivity index (χ2v) is 5.55. The fourth-order valence-electron chi connectivity index (χ4n) is 2.96. The van der Waals surface area contributed by atoms with E-state index in [4.69, 9.17) is 0 Å². The maximum Gasteiger partial charge on any atom is 0.123 e. The summed E-state index contributed by atoms with van der Waals surface area (Å²) in [6.45, 7) is 1.93. The summed E-state index contributed by atoms with van der Waals surface area (Å²) in [4.78, 5) is 0. The summed E-state index contributed by atoms with van der Waals surface area (Å²) >= 11 is 0. The molecule has 0 bridgehead atoms. The maximum atomic E-state index is 13.1. The van der Waals surface area contributed by atoms with Crippen molar-refractivity contribution in [1.29, 1.82) is 5.26 Å². The van der Waals surface area contributed by atoms with Crippen LogP contribution in [0.1, 0.15) is 49.7 Å². The molecule has 2 rings (SSSR count). The first-order chi connectivity index (χ1) is 8.65. The van der Waals surface area contributed by atoms with Gasteiger partial charge in [-0.3, -0.25) is 0 Å². The fourth-order valence-corrected chi connectivity index (χ4v) is 2.96. The van der Waals surface area contributed by atoms with Crippen LogP contribution in [0.5, 0.6) is 0 Å². The van der Waals surface area contributed by atoms with Gasteiger partial charge in [0.25, 0.3) is 0 Å². The van der Waals surface area contributed by atoms with Crippen LogP contribution in [-0.2, 0) is 6.42 Å². The van der Waals surface area contributed by atoms with Crippen LogP contribution < -0.4 is 0 Å². The first-order valence-corrected chi connectivity index (χ1v) is 6.81. The number of nitriles is 1. The molecule has 0 spiro atoms. The topological polar surface area (TPSA) is 23.8 Å². The molecular formula is C16H20FN. The van der Waals surface area contributed by atoms with Gasteiger partial charge < -0.3 is 0 Å². The third kappa shape index (κ3) is 2.90. The van der Waals surface area contributed by atoms with E-state index in [-0.39, 0.29) is 11.2 Å². The Morgan fingerprint density at radius 2 is 1.89 bits per heavy atom. The molecule has 2 heteroatoms. The molecule has 0 atom stereocenters. The third-order valence-corrected chi connectivity index (χ3v) is 4.13. The predicted octanol–water partition coefficient (Wildman–Crippen LogP) is 4.54. The van der Waals surface area contributed by atoms with Crippen LogP contribution in [0.15, 0.2) is 18.2 Å². The van der Waals surface area contributed by atoms with Gasteiger partial charge in [0.1, 0.15) is 5.82 Å². The lowest BCUT2D eigenvalue weighted by Gasteiger charge is -2.25. The number of rotatable bonds is 2. The molecule has 96 valence electrons. The van der Waals surface area contributed by atoms with Gasteiger partial charge in [0.15, 0.2) is 0 Å². The molecule has 1 saturated carbocycles. The SMILES string of the molecule is Cc1cc(F)ccc1CC1(C#N)CCCCCC1. The highest BCUT2D eigenvalue weighted by molar-refractivity contribution is 5.29. The van der Waals surface area contributed by atoms with Gasteiger partial charge in [-0.05, 0) is 49.4 Å². The Morgan fingerprint density at radius 3 is 2.44 bits per heavy atom. The van der Waals surface area contributed by atoms with Crippen molar-refractivity contribution >= 4 is 0 Å². The number of halogens is 1. The molecule has 1 aromatic rings. The van der Waals surface area contributed by atoms with Gasteiger partial charge in [0, 0.05) is 0 Å². The molecule has 1 aromatic carbocycles. The molecule has 0 saturated heterocycles. The van der Waals surface area contributed by atoms with Crippen LogP contribution in [0.25, 0.3) is 0 Å². The number of hydrogen-bond acceptors (Lipinski definition) is 1. The summed E-state index contributed by atoms with van der Waals surface area (Å²) < 4.78 is 13.1. The summed E-state index contributed by atoms with van der Waals surface area (Å²) in [5.41, 5.74) is 1.87. The Morgan fingerprint density at radius 1 is 1.22 bits per heavy atom. The lowest BCUT2D eigenvalue weighted by Crippen LogP contribution is -2.21. The monoisotopic (exact) mass is 245 g/mol. The summed E-state index contributed by atoms with van der Waals surface area (Å²) in [7, 11) is 0. The van der Waals surface area contributed by atoms with Gasteiger partial charge in [0.2, 0.25) is 0 Å². The van der Waals surface area contributed by atoms with E-state index < -0.39 is 0 Å². The Bertz CT molecular complexity index is 451. The Kier molecular flexibility index (Phi) is 4.01. The van der Waals surface area contributed by atoms with E-state index in [1.165, 1.54) is 18.9 Å². The standard InChI is InChI=1S/C16H20FN/c1-13-10-15(17)7-6-14(13)11-16(12-18)8-4-2-3-5-9-16/h6-7,10H,2-5,8-9,11H2,1H3. The molecule has 0 amide bonds. The molecule has 1 aliphatic carbocycles. The van der Waals surface area contributed by atoms with E-state index in [0.29, 0.717) is 0 Å². The lowest BCUT2D eigenvalue weighted by atomic mass is 9.76. The molecule has 0 aromatic heterocycles. The molecule has 0 radical (unpaired) electrons. The molecule has 0 aliphatic heterocycles. The first kappa shape index (κ1) is 13.1. The van der Waals surface area contributed by atoms with Crippen molar-refractivity contribution in [3.63, 3.8) is 0 Å². The molecule has 1 aliphatic rings. The van der Waals surface area contributed by atoms with Gasteiger partial charge in [-0.25, -0.2) is 4.39 Å². The molecule has 0 heterocycles. The second-order valence-electron chi connectivity index (χ2n) is 5.55. The minimum absolute atomic E-state index is 0.192. The fraction of sp³-hybridized carbons (Fsp3) is 0.562. The summed E-state index contributed by atoms with van der Waals surface area (Å²) in [5.74, 6) is -0.192. The highest BCUT2D eigenvalue weighted by Crippen LogP contribution is 2.38. The maximum absolute atomic E-state index is 13.1. The number of benzene rings is 1. The van der Waals surface area contributed by atoms with Crippen molar-refractivity contribution in [1.82, 2.24) is 0 Å². The van der Waals surface area contributed by atoms with E-state index in [0.717, 1.165) is 43.2 Å². The number of hydrogen-bond donors (Lipinski definition) is 0. The minimum Gasteiger partial charge on any atom is -0.207 e. The highest BCUT2D eigenvalue weighted by atomic mass is 19.1. The van der Waals surface area contributed by atoms with Crippen LogP contribution >= 0.6 is 0 Å². The summed E-state index contributed by atoms with van der Waals surface area (Å²) in [6.07, 6.45) is 7.52. The Hall–Kier alpha value is -1.36. The Labute approximate surface area is 109 Å². The highest BCUT2D eigenvalue weighted by Gasteiger charge is 2.31. The van der Waals surface area contributed by atoms with Crippen LogP contribution in [-0.4, -0.2) is 0 Å². The van der Waals surface area contributed by atoms with Crippen molar-refractivity contribution in [2.45, 2.75) is 51.9 Å². The zero-order chi connectivity index (χ0) is 13.0. The molecule has 0 N–H and O–H groups in total. The Balaban J connectivity index is 2.21. The van der Waals surface area contributed by atoms with E-state index in [1.807, 2.05) is 13.0 Å². The zero-order valence-electron chi connectivity index (χ0n) is 11.0. The lowest BCUT2D eigenvalue weighted by molar-refractivity contribution is 0.338. The van der Waals surface area contributed by atoms with Gasteiger partial charge >= 0.3 is 0 Å². The van der Waals surface area contributed by atoms with Crippen molar-refractivity contribution < 1.29 is 4.39 Å². The van der Waals surface area contributed by atoms with Crippen LogP contribution in [0.3, 0.4) is 0 Å². The van der Waals surface area contributed by atoms with Crippen LogP contribution in [0.4, 0.5) is 4.39 Å². The largest absolute Gasteiger partial charge is 0.207 e. The van der Waals surface area contributed by atoms with Gasteiger partial charge in [-0.1, -0.05) is 31.7 Å². The minimum atomic E-state index is -0.223. The molecule has 1 nitrogen and oxygen atoms in total. The first-order valence-electron chi connectivity index (χ1n) is 6.81. The smallest absolute Gasteiger partial charge is 0.123 e. The van der Waals surface area contributed by atoms with Crippen molar-refractivity contribution in [2.75, 3.05) is 0 Å². The van der Waals surface area contributed by atoms with Crippen molar-refractivity contribution in [2.24, 2.45) is 5.41 Å². The van der Waals surface area contributed by atoms with Crippen LogP contribution in [0, 0.1) is 29.5 Å². The third-order valence-electron chi connectivity index (χ3n) is 4.13.